The number of ether oxygens (including phenoxy) is 1. The molecule has 6 nitrogen and oxygen atoms in total. The van der Waals surface area contributed by atoms with E-state index in [1.54, 1.807) is 6.92 Å². The molecule has 116 valence electrons. The maximum Gasteiger partial charge on any atom is 0.322 e. The van der Waals surface area contributed by atoms with Crippen molar-refractivity contribution >= 4 is 16.0 Å². The molecule has 1 aliphatic heterocycles. The van der Waals surface area contributed by atoms with Crippen molar-refractivity contribution in [2.75, 3.05) is 19.0 Å². The second kappa shape index (κ2) is 6.55. The molecule has 0 spiro atoms. The first kappa shape index (κ1) is 15.9. The topological polar surface area (TPSA) is 83.9 Å². The maximum absolute atomic E-state index is 12.4. The number of carboxylic acid groups (broad SMARTS) is 1. The van der Waals surface area contributed by atoms with Gasteiger partial charge < -0.3 is 9.84 Å². The van der Waals surface area contributed by atoms with Gasteiger partial charge in [-0.05, 0) is 18.1 Å². The highest BCUT2D eigenvalue weighted by Crippen LogP contribution is 2.26. The first-order valence-corrected chi connectivity index (χ1v) is 8.43. The number of aliphatic carboxylic acids is 1. The van der Waals surface area contributed by atoms with Crippen LogP contribution in [0.4, 0.5) is 0 Å². The predicted octanol–water partition coefficient (Wildman–Crippen LogP) is 0.864. The lowest BCUT2D eigenvalue weighted by molar-refractivity contribution is -0.141. The van der Waals surface area contributed by atoms with Crippen molar-refractivity contribution in [1.82, 2.24) is 4.31 Å². The molecule has 1 aromatic carbocycles. The van der Waals surface area contributed by atoms with Crippen LogP contribution >= 0.6 is 0 Å². The molecule has 1 aliphatic rings. The zero-order valence-electron chi connectivity index (χ0n) is 11.9. The Morgan fingerprint density at radius 2 is 2.05 bits per heavy atom. The summed E-state index contributed by atoms with van der Waals surface area (Å²) < 4.78 is 30.9. The molecule has 0 saturated carbocycles. The van der Waals surface area contributed by atoms with Gasteiger partial charge in [0.1, 0.15) is 6.04 Å². The summed E-state index contributed by atoms with van der Waals surface area (Å²) in [5.41, 5.74) is 1.75. The minimum atomic E-state index is -3.66. The molecule has 2 rings (SSSR count). The van der Waals surface area contributed by atoms with Crippen LogP contribution < -0.4 is 0 Å². The normalized spacial score (nSPS) is 19.2. The van der Waals surface area contributed by atoms with E-state index in [-0.39, 0.29) is 25.3 Å². The molecule has 0 aliphatic carbocycles. The van der Waals surface area contributed by atoms with Crippen LogP contribution in [0.5, 0.6) is 0 Å². The Kier molecular flexibility index (Phi) is 4.97. The number of sulfonamides is 1. The molecular formula is C14H19NO5S. The summed E-state index contributed by atoms with van der Waals surface area (Å²) in [6, 6.07) is 6.28. The van der Waals surface area contributed by atoms with Crippen molar-refractivity contribution in [3.63, 3.8) is 0 Å². The van der Waals surface area contributed by atoms with Gasteiger partial charge in [-0.2, -0.15) is 4.31 Å². The van der Waals surface area contributed by atoms with Crippen LogP contribution in [0.2, 0.25) is 0 Å². The molecule has 7 heteroatoms. The highest BCUT2D eigenvalue weighted by molar-refractivity contribution is 7.89. The number of carbonyl (C=O) groups is 1. The molecular weight excluding hydrogens is 294 g/mol. The molecule has 0 saturated heterocycles. The van der Waals surface area contributed by atoms with Gasteiger partial charge in [0.15, 0.2) is 0 Å². The zero-order chi connectivity index (χ0) is 15.5. The third-order valence-electron chi connectivity index (χ3n) is 3.54. The van der Waals surface area contributed by atoms with E-state index in [0.29, 0.717) is 6.61 Å². The van der Waals surface area contributed by atoms with E-state index in [1.165, 1.54) is 0 Å². The van der Waals surface area contributed by atoms with E-state index in [0.717, 1.165) is 15.4 Å². The first-order valence-electron chi connectivity index (χ1n) is 6.82. The van der Waals surface area contributed by atoms with Crippen molar-refractivity contribution in [3.05, 3.63) is 35.4 Å². The van der Waals surface area contributed by atoms with E-state index in [2.05, 4.69) is 0 Å². The van der Waals surface area contributed by atoms with Crippen LogP contribution in [0, 0.1) is 0 Å². The molecule has 0 aromatic heterocycles. The molecule has 21 heavy (non-hydrogen) atoms. The van der Waals surface area contributed by atoms with Gasteiger partial charge in [0.2, 0.25) is 10.0 Å². The fraction of sp³-hybridized carbons (Fsp3) is 0.500. The van der Waals surface area contributed by atoms with E-state index in [9.17, 15) is 18.3 Å². The fourth-order valence-corrected chi connectivity index (χ4v) is 3.88. The van der Waals surface area contributed by atoms with Crippen LogP contribution in [0.1, 0.15) is 18.1 Å². The standard InChI is InChI=1S/C14H19NO5S/c1-2-20-7-8-21(18,19)15-10-12-6-4-3-5-11(12)9-13(15)14(16)17/h3-6,13H,2,7-10H2,1H3,(H,16,17). The van der Waals surface area contributed by atoms with Gasteiger partial charge in [-0.15, -0.1) is 0 Å². The van der Waals surface area contributed by atoms with Crippen LogP contribution in [0.3, 0.4) is 0 Å². The number of rotatable bonds is 6. The molecule has 1 aromatic rings. The smallest absolute Gasteiger partial charge is 0.322 e. The van der Waals surface area contributed by atoms with E-state index in [1.807, 2.05) is 24.3 Å². The van der Waals surface area contributed by atoms with E-state index < -0.39 is 22.0 Å². The number of benzene rings is 1. The largest absolute Gasteiger partial charge is 0.480 e. The van der Waals surface area contributed by atoms with Crippen LogP contribution in [-0.4, -0.2) is 48.8 Å². The van der Waals surface area contributed by atoms with Gasteiger partial charge in [0.25, 0.3) is 0 Å². The summed E-state index contributed by atoms with van der Waals surface area (Å²) in [7, 11) is -3.66. The lowest BCUT2D eigenvalue weighted by atomic mass is 9.96. The minimum Gasteiger partial charge on any atom is -0.480 e. The first-order chi connectivity index (χ1) is 9.95. The molecule has 1 heterocycles. The Labute approximate surface area is 124 Å². The molecule has 0 radical (unpaired) electrons. The maximum atomic E-state index is 12.4. The molecule has 0 fully saturated rings. The van der Waals surface area contributed by atoms with Gasteiger partial charge in [0.05, 0.1) is 12.4 Å². The van der Waals surface area contributed by atoms with Crippen molar-refractivity contribution in [3.8, 4) is 0 Å². The third-order valence-corrected chi connectivity index (χ3v) is 5.32. The van der Waals surface area contributed by atoms with Crippen LogP contribution in [0.15, 0.2) is 24.3 Å². The summed E-state index contributed by atoms with van der Waals surface area (Å²) in [5.74, 6) is -1.32. The average Bonchev–Trinajstić information content (AvgIpc) is 2.46. The summed E-state index contributed by atoms with van der Waals surface area (Å²) in [4.78, 5) is 11.4. The number of hydrogen-bond donors (Lipinski definition) is 1. The summed E-state index contributed by atoms with van der Waals surface area (Å²) >= 11 is 0. The fourth-order valence-electron chi connectivity index (χ4n) is 2.43. The lowest BCUT2D eigenvalue weighted by Gasteiger charge is -2.33. The van der Waals surface area contributed by atoms with Gasteiger partial charge in [-0.25, -0.2) is 8.42 Å². The van der Waals surface area contributed by atoms with Crippen LogP contribution in [0.25, 0.3) is 0 Å². The SMILES string of the molecule is CCOCCS(=O)(=O)N1Cc2ccccc2CC1C(=O)O. The van der Waals surface area contributed by atoms with Gasteiger partial charge in [0, 0.05) is 19.6 Å². The van der Waals surface area contributed by atoms with Crippen LogP contribution in [-0.2, 0) is 32.5 Å². The minimum absolute atomic E-state index is 0.0727. The Hall–Kier alpha value is -1.44. The second-order valence-corrected chi connectivity index (χ2v) is 6.93. The number of hydrogen-bond acceptors (Lipinski definition) is 4. The molecule has 0 bridgehead atoms. The highest BCUT2D eigenvalue weighted by atomic mass is 32.2. The van der Waals surface area contributed by atoms with E-state index in [4.69, 9.17) is 4.74 Å². The predicted molar refractivity (Wildman–Crippen MR) is 77.4 cm³/mol. The highest BCUT2D eigenvalue weighted by Gasteiger charge is 2.38. The summed E-state index contributed by atoms with van der Waals surface area (Å²) in [6.07, 6.45) is 0.194. The summed E-state index contributed by atoms with van der Waals surface area (Å²) in [6.45, 7) is 2.38. The Morgan fingerprint density at radius 3 is 2.67 bits per heavy atom. The van der Waals surface area contributed by atoms with Gasteiger partial charge in [-0.3, -0.25) is 4.79 Å². The van der Waals surface area contributed by atoms with Crippen molar-refractivity contribution in [1.29, 1.82) is 0 Å². The molecule has 1 atom stereocenters. The number of fused-ring (bicyclic) bond motifs is 1. The Morgan fingerprint density at radius 1 is 1.38 bits per heavy atom. The quantitative estimate of drug-likeness (QED) is 0.788. The number of carboxylic acids is 1. The van der Waals surface area contributed by atoms with Crippen molar-refractivity contribution in [2.45, 2.75) is 25.9 Å². The van der Waals surface area contributed by atoms with E-state index >= 15 is 0 Å². The Balaban J connectivity index is 2.26. The molecule has 1 unspecified atom stereocenters. The third kappa shape index (κ3) is 3.61. The average molecular weight is 313 g/mol. The van der Waals surface area contributed by atoms with Gasteiger partial charge >= 0.3 is 5.97 Å². The van der Waals surface area contributed by atoms with Crippen molar-refractivity contribution in [2.24, 2.45) is 0 Å². The second-order valence-electron chi connectivity index (χ2n) is 4.89. The molecule has 1 N–H and O–H groups in total. The summed E-state index contributed by atoms with van der Waals surface area (Å²) in [5, 5.41) is 9.33. The lowest BCUT2D eigenvalue weighted by Crippen LogP contribution is -2.49. The van der Waals surface area contributed by atoms with Crippen molar-refractivity contribution < 1.29 is 23.1 Å². The molecule has 0 amide bonds. The Bertz CT molecular complexity index is 614. The monoisotopic (exact) mass is 313 g/mol. The van der Waals surface area contributed by atoms with Gasteiger partial charge in [-0.1, -0.05) is 24.3 Å². The number of nitrogens with zero attached hydrogens (tertiary/aromatic N) is 1. The zero-order valence-corrected chi connectivity index (χ0v) is 12.7.